The lowest BCUT2D eigenvalue weighted by Gasteiger charge is -2.10. The van der Waals surface area contributed by atoms with Gasteiger partial charge in [0.1, 0.15) is 0 Å². The number of benzene rings is 2. The minimum atomic E-state index is -0.565. The SMILES string of the molecule is O[C@@H](COCc1ccc2c(c1)OCO2)CSc1nc2cc(Cl)ccc2s1. The van der Waals surface area contributed by atoms with Crippen LogP contribution in [0.5, 0.6) is 11.5 Å². The molecule has 0 bridgehead atoms. The van der Waals surface area contributed by atoms with Gasteiger partial charge in [0.25, 0.3) is 0 Å². The number of rotatable bonds is 7. The second-order valence-corrected chi connectivity index (χ2v) is 8.49. The van der Waals surface area contributed by atoms with Crippen LogP contribution in [0.1, 0.15) is 5.56 Å². The van der Waals surface area contributed by atoms with Gasteiger partial charge in [-0.25, -0.2) is 4.98 Å². The fraction of sp³-hybridized carbons (Fsp3) is 0.278. The van der Waals surface area contributed by atoms with Crippen LogP contribution in [0.25, 0.3) is 10.2 Å². The van der Waals surface area contributed by atoms with Crippen LogP contribution in [-0.2, 0) is 11.3 Å². The first-order valence-corrected chi connectivity index (χ1v) is 10.2. The Balaban J connectivity index is 1.24. The van der Waals surface area contributed by atoms with Crippen LogP contribution >= 0.6 is 34.7 Å². The molecule has 0 radical (unpaired) electrons. The zero-order valence-electron chi connectivity index (χ0n) is 13.7. The van der Waals surface area contributed by atoms with Crippen molar-refractivity contribution in [3.05, 3.63) is 47.0 Å². The molecule has 1 atom stereocenters. The van der Waals surface area contributed by atoms with Gasteiger partial charge in [0.05, 0.1) is 29.5 Å². The standard InChI is InChI=1S/C18H16ClNO4S2/c19-12-2-4-17-14(6-12)20-18(26-17)25-9-13(21)8-22-7-11-1-3-15-16(5-11)24-10-23-15/h1-6,13,21H,7-10H2/t13-/m0/s1. The summed E-state index contributed by atoms with van der Waals surface area (Å²) in [6, 6.07) is 11.4. The minimum absolute atomic E-state index is 0.257. The van der Waals surface area contributed by atoms with Crippen molar-refractivity contribution in [3.63, 3.8) is 0 Å². The van der Waals surface area contributed by atoms with Gasteiger partial charge < -0.3 is 19.3 Å². The van der Waals surface area contributed by atoms with E-state index in [1.54, 1.807) is 11.3 Å². The van der Waals surface area contributed by atoms with Crippen LogP contribution in [-0.4, -0.2) is 35.3 Å². The van der Waals surface area contributed by atoms with Gasteiger partial charge in [0, 0.05) is 10.8 Å². The van der Waals surface area contributed by atoms with Gasteiger partial charge in [-0.3, -0.25) is 0 Å². The third-order valence-electron chi connectivity index (χ3n) is 3.75. The number of thiazole rings is 1. The predicted molar refractivity (Wildman–Crippen MR) is 104 cm³/mol. The summed E-state index contributed by atoms with van der Waals surface area (Å²) >= 11 is 9.10. The number of thioether (sulfide) groups is 1. The fourth-order valence-electron chi connectivity index (χ4n) is 2.50. The Kier molecular flexibility index (Phi) is 5.52. The summed E-state index contributed by atoms with van der Waals surface area (Å²) in [5.41, 5.74) is 1.87. The van der Waals surface area contributed by atoms with Crippen molar-refractivity contribution in [1.29, 1.82) is 0 Å². The van der Waals surface area contributed by atoms with Crippen LogP contribution in [0.2, 0.25) is 5.02 Å². The summed E-state index contributed by atoms with van der Waals surface area (Å²) in [5, 5.41) is 10.8. The minimum Gasteiger partial charge on any atom is -0.454 e. The summed E-state index contributed by atoms with van der Waals surface area (Å²) in [6.45, 7) is 0.934. The second-order valence-electron chi connectivity index (χ2n) is 5.76. The number of nitrogens with zero attached hydrogens (tertiary/aromatic N) is 1. The highest BCUT2D eigenvalue weighted by atomic mass is 35.5. The first-order valence-electron chi connectivity index (χ1n) is 8.00. The Morgan fingerprint density at radius 1 is 1.23 bits per heavy atom. The van der Waals surface area contributed by atoms with E-state index in [-0.39, 0.29) is 13.4 Å². The molecule has 5 nitrogen and oxygen atoms in total. The van der Waals surface area contributed by atoms with E-state index in [1.807, 2.05) is 36.4 Å². The average Bonchev–Trinajstić information content (AvgIpc) is 3.25. The molecule has 1 N–H and O–H groups in total. The molecular weight excluding hydrogens is 394 g/mol. The summed E-state index contributed by atoms with van der Waals surface area (Å²) < 4.78 is 18.2. The molecule has 1 aliphatic heterocycles. The normalized spacial score (nSPS) is 14.1. The molecule has 1 aliphatic rings. The van der Waals surface area contributed by atoms with E-state index in [2.05, 4.69) is 4.98 Å². The maximum atomic E-state index is 10.1. The first-order chi connectivity index (χ1) is 12.7. The second kappa shape index (κ2) is 8.02. The topological polar surface area (TPSA) is 60.8 Å². The molecule has 2 heterocycles. The van der Waals surface area contributed by atoms with E-state index < -0.39 is 6.10 Å². The smallest absolute Gasteiger partial charge is 0.231 e. The molecule has 0 fully saturated rings. The van der Waals surface area contributed by atoms with E-state index in [0.717, 1.165) is 31.6 Å². The maximum absolute atomic E-state index is 10.1. The monoisotopic (exact) mass is 409 g/mol. The molecule has 0 aliphatic carbocycles. The summed E-state index contributed by atoms with van der Waals surface area (Å²) in [4.78, 5) is 4.53. The quantitative estimate of drug-likeness (QED) is 0.585. The lowest BCUT2D eigenvalue weighted by atomic mass is 10.2. The summed E-state index contributed by atoms with van der Waals surface area (Å²) in [7, 11) is 0. The maximum Gasteiger partial charge on any atom is 0.231 e. The Morgan fingerprint density at radius 3 is 3.04 bits per heavy atom. The molecule has 0 saturated heterocycles. The number of halogens is 1. The van der Waals surface area contributed by atoms with E-state index in [0.29, 0.717) is 17.4 Å². The number of aliphatic hydroxyl groups is 1. The third kappa shape index (κ3) is 4.24. The van der Waals surface area contributed by atoms with Gasteiger partial charge in [-0.2, -0.15) is 0 Å². The highest BCUT2D eigenvalue weighted by molar-refractivity contribution is 8.01. The van der Waals surface area contributed by atoms with Crippen molar-refractivity contribution >= 4 is 44.9 Å². The van der Waals surface area contributed by atoms with Crippen LogP contribution in [0.15, 0.2) is 40.7 Å². The lowest BCUT2D eigenvalue weighted by molar-refractivity contribution is 0.0397. The summed E-state index contributed by atoms with van der Waals surface area (Å²) in [6.07, 6.45) is -0.565. The molecule has 3 aromatic rings. The lowest BCUT2D eigenvalue weighted by Crippen LogP contribution is -2.17. The van der Waals surface area contributed by atoms with Gasteiger partial charge in [0.15, 0.2) is 15.8 Å². The number of ether oxygens (including phenoxy) is 3. The van der Waals surface area contributed by atoms with Crippen molar-refractivity contribution in [3.8, 4) is 11.5 Å². The zero-order valence-corrected chi connectivity index (χ0v) is 16.1. The number of aromatic nitrogens is 1. The number of fused-ring (bicyclic) bond motifs is 2. The van der Waals surface area contributed by atoms with Crippen molar-refractivity contribution in [2.45, 2.75) is 17.1 Å². The molecular formula is C18H16ClNO4S2. The highest BCUT2D eigenvalue weighted by Gasteiger charge is 2.14. The van der Waals surface area contributed by atoms with Crippen LogP contribution in [0.4, 0.5) is 0 Å². The van der Waals surface area contributed by atoms with Gasteiger partial charge >= 0.3 is 0 Å². The number of hydrogen-bond acceptors (Lipinski definition) is 7. The van der Waals surface area contributed by atoms with Gasteiger partial charge in [-0.05, 0) is 35.9 Å². The first kappa shape index (κ1) is 17.9. The van der Waals surface area contributed by atoms with Crippen LogP contribution in [0, 0.1) is 0 Å². The Labute approximate surface area is 163 Å². The Morgan fingerprint density at radius 2 is 2.12 bits per heavy atom. The van der Waals surface area contributed by atoms with Crippen molar-refractivity contribution in [2.75, 3.05) is 19.2 Å². The Bertz CT molecular complexity index is 917. The molecule has 4 rings (SSSR count). The van der Waals surface area contributed by atoms with E-state index in [4.69, 9.17) is 25.8 Å². The molecule has 2 aromatic carbocycles. The van der Waals surface area contributed by atoms with Crippen LogP contribution in [0.3, 0.4) is 0 Å². The van der Waals surface area contributed by atoms with E-state index >= 15 is 0 Å². The van der Waals surface area contributed by atoms with Crippen LogP contribution < -0.4 is 9.47 Å². The molecule has 136 valence electrons. The highest BCUT2D eigenvalue weighted by Crippen LogP contribution is 2.33. The number of hydrogen-bond donors (Lipinski definition) is 1. The largest absolute Gasteiger partial charge is 0.454 e. The fourth-order valence-corrected chi connectivity index (χ4v) is 4.65. The molecule has 0 spiro atoms. The molecule has 8 heteroatoms. The Hall–Kier alpha value is -1.51. The molecule has 0 saturated carbocycles. The predicted octanol–water partition coefficient (Wildman–Crippen LogP) is 4.35. The molecule has 0 amide bonds. The summed E-state index contributed by atoms with van der Waals surface area (Å²) in [5.74, 6) is 2.01. The van der Waals surface area contributed by atoms with E-state index in [1.165, 1.54) is 11.8 Å². The third-order valence-corrected chi connectivity index (χ3v) is 6.30. The van der Waals surface area contributed by atoms with Crippen molar-refractivity contribution in [2.24, 2.45) is 0 Å². The average molecular weight is 410 g/mol. The zero-order chi connectivity index (χ0) is 17.9. The number of aliphatic hydroxyl groups excluding tert-OH is 1. The van der Waals surface area contributed by atoms with Gasteiger partial charge in [0.2, 0.25) is 6.79 Å². The van der Waals surface area contributed by atoms with Gasteiger partial charge in [-0.15, -0.1) is 11.3 Å². The van der Waals surface area contributed by atoms with Crippen molar-refractivity contribution < 1.29 is 19.3 Å². The molecule has 0 unspecified atom stereocenters. The van der Waals surface area contributed by atoms with Gasteiger partial charge in [-0.1, -0.05) is 29.4 Å². The molecule has 1 aromatic heterocycles. The van der Waals surface area contributed by atoms with Crippen molar-refractivity contribution in [1.82, 2.24) is 4.98 Å². The molecule has 26 heavy (non-hydrogen) atoms. The van der Waals surface area contributed by atoms with E-state index in [9.17, 15) is 5.11 Å².